The number of rotatable bonds is 26. The minimum atomic E-state index is -2.90. The third-order valence-electron chi connectivity index (χ3n) is 18.9. The maximum Gasteiger partial charge on any atom is 0.338 e. The van der Waals surface area contributed by atoms with Gasteiger partial charge in [-0.15, -0.1) is 6.58 Å². The highest BCUT2D eigenvalue weighted by Gasteiger charge is 2.80. The van der Waals surface area contributed by atoms with Crippen LogP contribution in [-0.4, -0.2) is 131 Å². The zero-order valence-corrected chi connectivity index (χ0v) is 53.0. The molecule has 0 unspecified atom stereocenters. The van der Waals surface area contributed by atoms with Crippen molar-refractivity contribution in [1.29, 1.82) is 0 Å². The number of amides is 1. The van der Waals surface area contributed by atoms with E-state index in [1.54, 1.807) is 119 Å². The van der Waals surface area contributed by atoms with Gasteiger partial charge in [-0.1, -0.05) is 135 Å². The molecule has 1 saturated heterocycles. The van der Waals surface area contributed by atoms with Crippen molar-refractivity contribution < 1.29 is 75.9 Å². The van der Waals surface area contributed by atoms with Crippen LogP contribution in [0.4, 0.5) is 0 Å². The summed E-state index contributed by atoms with van der Waals surface area (Å²) in [6, 6.07) is 26.1. The molecule has 4 aliphatic rings. The summed E-state index contributed by atoms with van der Waals surface area (Å²) in [5.41, 5.74) is -7.26. The van der Waals surface area contributed by atoms with Crippen molar-refractivity contribution in [3.05, 3.63) is 138 Å². The molecule has 2 bridgehead atoms. The number of hydrogen-bond acceptors (Lipinski definition) is 16. The molecule has 84 heavy (non-hydrogen) atoms. The van der Waals surface area contributed by atoms with Crippen LogP contribution in [0.3, 0.4) is 0 Å². The van der Waals surface area contributed by atoms with E-state index in [1.807, 2.05) is 41.5 Å². The smallest absolute Gasteiger partial charge is 0.338 e. The lowest BCUT2D eigenvalue weighted by Gasteiger charge is -2.69. The van der Waals surface area contributed by atoms with Crippen LogP contribution in [0.1, 0.15) is 122 Å². The second-order valence-corrected chi connectivity index (χ2v) is 32.9. The van der Waals surface area contributed by atoms with Gasteiger partial charge in [-0.3, -0.25) is 19.2 Å². The Hall–Kier alpha value is -6.07. The zero-order chi connectivity index (χ0) is 61.6. The first-order valence-corrected chi connectivity index (χ1v) is 34.7. The first kappa shape index (κ1) is 65.5. The molecule has 456 valence electrons. The Labute approximate surface area is 497 Å². The molecular formula is C65H87NO16Si2. The van der Waals surface area contributed by atoms with E-state index in [-0.39, 0.29) is 54.3 Å². The number of hydrogen-bond donors (Lipinski definition) is 2. The van der Waals surface area contributed by atoms with E-state index in [4.69, 9.17) is 42.0 Å². The molecule has 3 aromatic carbocycles. The van der Waals surface area contributed by atoms with Gasteiger partial charge in [0.2, 0.25) is 0 Å². The summed E-state index contributed by atoms with van der Waals surface area (Å²) >= 11 is 0. The summed E-state index contributed by atoms with van der Waals surface area (Å²) in [6.07, 6.45) is -7.75. The average Bonchev–Trinajstić information content (AvgIpc) is 0.677. The molecule has 0 radical (unpaired) electrons. The lowest BCUT2D eigenvalue weighted by Crippen LogP contribution is -2.84. The minimum absolute atomic E-state index is 0.0371. The molecule has 2 saturated carbocycles. The van der Waals surface area contributed by atoms with E-state index in [2.05, 4.69) is 18.5 Å². The third-order valence-corrected chi connectivity index (χ3v) is 28.2. The van der Waals surface area contributed by atoms with Gasteiger partial charge < -0.3 is 52.4 Å². The molecule has 0 spiro atoms. The molecule has 2 N–H and O–H groups in total. The number of para-hydroxylation sites is 1. The van der Waals surface area contributed by atoms with Crippen LogP contribution in [0, 0.1) is 16.7 Å². The monoisotopic (exact) mass is 1190 g/mol. The van der Waals surface area contributed by atoms with Gasteiger partial charge in [-0.05, 0) is 91.1 Å². The van der Waals surface area contributed by atoms with Gasteiger partial charge in [0, 0.05) is 25.7 Å². The number of aliphatic hydroxyl groups is 1. The number of esters is 4. The molecule has 0 aromatic heterocycles. The maximum absolute atomic E-state index is 16.9. The lowest BCUT2D eigenvalue weighted by atomic mass is 9.44. The highest BCUT2D eigenvalue weighted by Crippen LogP contribution is 2.66. The van der Waals surface area contributed by atoms with Crippen LogP contribution in [-0.2, 0) is 56.5 Å². The Balaban J connectivity index is 1.56. The maximum atomic E-state index is 16.9. The van der Waals surface area contributed by atoms with E-state index in [1.165, 1.54) is 19.9 Å². The summed E-state index contributed by atoms with van der Waals surface area (Å²) in [5, 5.41) is 18.2. The molecule has 17 nitrogen and oxygen atoms in total. The Morgan fingerprint density at radius 3 is 1.89 bits per heavy atom. The van der Waals surface area contributed by atoms with Crippen molar-refractivity contribution in [3.8, 4) is 5.75 Å². The van der Waals surface area contributed by atoms with E-state index < -0.39 is 129 Å². The van der Waals surface area contributed by atoms with E-state index in [0.717, 1.165) is 0 Å². The number of nitrogens with one attached hydrogen (secondary N) is 1. The fourth-order valence-electron chi connectivity index (χ4n) is 13.8. The second-order valence-electron chi connectivity index (χ2n) is 23.4. The number of fused-ring (bicyclic) bond motifs is 5. The largest absolute Gasteiger partial charge is 0.489 e. The van der Waals surface area contributed by atoms with E-state index >= 15 is 19.5 Å². The third kappa shape index (κ3) is 11.9. The molecule has 12 atom stereocenters. The highest BCUT2D eigenvalue weighted by atomic mass is 28.4. The standard InChI is InChI=1S/C65H87NO16Si2/c1-15-37-74-47-36-30-29-35-46(47)59(70)66-51(44-31-25-23-26-32-44)54(82-84(20-6,21-7)22-8)61(72)78-52-41(9)50-53(77-42(10)67)56(69)63(14)48(81-83(17-3,18-4)19-5)39-49-64(40-76-49,80-43(11)68)55(63)58(79-60(71)45-33-27-24-28-34-45)65(73,62(50,12)13)57(52)75-38-16-2/h15-16,23-36,48-49,51-55,57-58,73H,1-2,17-22,37-40H2,3-14H3,(H,66,70)/t48-,49+,51-,52+,53+,54+,55-,57-,58-,63+,64-,65+/m0/s1. The molecule has 19 heteroatoms. The molecule has 1 heterocycles. The number of carbonyl (C=O) groups excluding carboxylic acids is 6. The number of carbonyl (C=O) groups is 6. The molecule has 1 aliphatic heterocycles. The number of ketones is 1. The average molecular weight is 1190 g/mol. The second kappa shape index (κ2) is 26.7. The van der Waals surface area contributed by atoms with Crippen LogP contribution < -0.4 is 10.1 Å². The lowest BCUT2D eigenvalue weighted by molar-refractivity contribution is -0.352. The fourth-order valence-corrected chi connectivity index (χ4v) is 19.5. The summed E-state index contributed by atoms with van der Waals surface area (Å²) in [5.74, 6) is -6.06. The quantitative estimate of drug-likeness (QED) is 0.0331. The van der Waals surface area contributed by atoms with Gasteiger partial charge in [-0.25, -0.2) is 9.59 Å². The summed E-state index contributed by atoms with van der Waals surface area (Å²) < 4.78 is 60.6. The normalized spacial score (nSPS) is 27.8. The topological polar surface area (TPSA) is 218 Å². The molecule has 1 amide bonds. The predicted molar refractivity (Wildman–Crippen MR) is 321 cm³/mol. The van der Waals surface area contributed by atoms with Crippen molar-refractivity contribution in [2.45, 2.75) is 186 Å². The van der Waals surface area contributed by atoms with Crippen molar-refractivity contribution in [1.82, 2.24) is 5.32 Å². The first-order valence-electron chi connectivity index (χ1n) is 29.6. The zero-order valence-electron chi connectivity index (χ0n) is 51.0. The minimum Gasteiger partial charge on any atom is -0.489 e. The number of benzene rings is 3. The Morgan fingerprint density at radius 2 is 1.35 bits per heavy atom. The molecule has 3 aliphatic carbocycles. The summed E-state index contributed by atoms with van der Waals surface area (Å²) in [7, 11) is -5.63. The van der Waals surface area contributed by atoms with Gasteiger partial charge in [0.1, 0.15) is 36.3 Å². The van der Waals surface area contributed by atoms with Crippen LogP contribution in [0.5, 0.6) is 5.75 Å². The molecule has 7 rings (SSSR count). The number of Topliss-reactive ketones (excluding diaryl/α,β-unsaturated/α-hetero) is 1. The first-order chi connectivity index (χ1) is 39.9. The molecule has 3 aromatic rings. The number of ether oxygens (including phenoxy) is 7. The van der Waals surface area contributed by atoms with Gasteiger partial charge in [0.25, 0.3) is 5.91 Å². The van der Waals surface area contributed by atoms with Crippen molar-refractivity contribution in [2.24, 2.45) is 16.7 Å². The van der Waals surface area contributed by atoms with Gasteiger partial charge in [-0.2, -0.15) is 0 Å². The van der Waals surface area contributed by atoms with Crippen molar-refractivity contribution >= 4 is 52.2 Å². The fraction of sp³-hybridized carbons (Fsp3) is 0.538. The highest BCUT2D eigenvalue weighted by molar-refractivity contribution is 6.74. The predicted octanol–water partition coefficient (Wildman–Crippen LogP) is 10.5. The van der Waals surface area contributed by atoms with Gasteiger partial charge >= 0.3 is 23.9 Å². The Morgan fingerprint density at radius 1 is 0.762 bits per heavy atom. The van der Waals surface area contributed by atoms with Crippen LogP contribution >= 0.6 is 0 Å². The van der Waals surface area contributed by atoms with Gasteiger partial charge in [0.15, 0.2) is 46.3 Å². The SMILES string of the molecule is C=CCOc1ccccc1C(=O)N[C@@H](c1ccccc1)[C@@H](O[Si](CC)(CC)CC)C(=O)O[C@@H]1C(C)=C2[C@@H](OC(C)=O)C(=O)[C@]3(C)[C@@H](O[Si](CC)(CC)CC)C[C@H]4OC[C@@]4(OC(C)=O)[C@H]3[C@H](OC(=O)c3ccccc3)[C@](O)([C@H]1OCC=C)C2(C)C. The van der Waals surface area contributed by atoms with E-state index in [9.17, 15) is 14.4 Å². The summed E-state index contributed by atoms with van der Waals surface area (Å²) in [6.45, 7) is 28.3. The van der Waals surface area contributed by atoms with Crippen LogP contribution in [0.15, 0.2) is 121 Å². The molecular weight excluding hydrogens is 1110 g/mol. The van der Waals surface area contributed by atoms with Gasteiger partial charge in [0.05, 0.1) is 47.8 Å². The van der Waals surface area contributed by atoms with Crippen molar-refractivity contribution in [3.63, 3.8) is 0 Å². The van der Waals surface area contributed by atoms with E-state index in [0.29, 0.717) is 41.8 Å². The van der Waals surface area contributed by atoms with Crippen LogP contribution in [0.2, 0.25) is 36.3 Å². The Kier molecular flexibility index (Phi) is 20.8. The Bertz CT molecular complexity index is 2910. The summed E-state index contributed by atoms with van der Waals surface area (Å²) in [4.78, 5) is 90.8. The molecule has 3 fully saturated rings. The van der Waals surface area contributed by atoms with Crippen LogP contribution in [0.25, 0.3) is 0 Å². The van der Waals surface area contributed by atoms with Crippen molar-refractivity contribution in [2.75, 3.05) is 19.8 Å².